The number of nitro groups is 1. The van der Waals surface area contributed by atoms with Crippen LogP contribution in [0.15, 0.2) is 18.2 Å². The number of para-hydroxylation sites is 1. The smallest absolute Gasteiger partial charge is 0.293 e. The van der Waals surface area contributed by atoms with Crippen LogP contribution >= 0.6 is 11.8 Å². The van der Waals surface area contributed by atoms with Crippen LogP contribution in [0.2, 0.25) is 0 Å². The number of nitrogens with zero attached hydrogens (tertiary/aromatic N) is 2. The molecule has 108 valence electrons. The molecule has 0 aliphatic carbocycles. The summed E-state index contributed by atoms with van der Waals surface area (Å²) in [6.45, 7) is 1.40. The highest BCUT2D eigenvalue weighted by Gasteiger charge is 2.24. The molecule has 0 saturated carbocycles. The van der Waals surface area contributed by atoms with Gasteiger partial charge >= 0.3 is 0 Å². The van der Waals surface area contributed by atoms with E-state index in [-0.39, 0.29) is 11.6 Å². The summed E-state index contributed by atoms with van der Waals surface area (Å²) in [5.74, 6) is 1.83. The third kappa shape index (κ3) is 3.04. The van der Waals surface area contributed by atoms with Gasteiger partial charge in [0.1, 0.15) is 5.69 Å². The van der Waals surface area contributed by atoms with E-state index < -0.39 is 4.92 Å². The lowest BCUT2D eigenvalue weighted by molar-refractivity contribution is -0.384. The number of carbonyl (C=O) groups is 1. The number of anilines is 1. The molecule has 1 N–H and O–H groups in total. The van der Waals surface area contributed by atoms with Crippen molar-refractivity contribution in [3.8, 4) is 0 Å². The molecule has 0 bridgehead atoms. The standard InChI is InChI=1S/C13H17N3O3S/c1-14-12-10(4-2-5-11(12)16(18)19)13(17)15-6-3-8-20-9-7-15/h2,4-5,14H,3,6-9H2,1H3. The third-order valence-electron chi connectivity index (χ3n) is 3.23. The molecule has 1 saturated heterocycles. The monoisotopic (exact) mass is 295 g/mol. The van der Waals surface area contributed by atoms with Gasteiger partial charge in [-0.3, -0.25) is 14.9 Å². The summed E-state index contributed by atoms with van der Waals surface area (Å²) >= 11 is 1.83. The molecular weight excluding hydrogens is 278 g/mol. The predicted octanol–water partition coefficient (Wildman–Crippen LogP) is 2.22. The van der Waals surface area contributed by atoms with Gasteiger partial charge in [0.2, 0.25) is 0 Å². The van der Waals surface area contributed by atoms with Gasteiger partial charge in [-0.1, -0.05) is 6.07 Å². The van der Waals surface area contributed by atoms with E-state index in [4.69, 9.17) is 0 Å². The largest absolute Gasteiger partial charge is 0.382 e. The lowest BCUT2D eigenvalue weighted by Crippen LogP contribution is -2.33. The van der Waals surface area contributed by atoms with Crippen molar-refractivity contribution < 1.29 is 9.72 Å². The Bertz CT molecular complexity index is 514. The number of nitro benzene ring substituents is 1. The highest BCUT2D eigenvalue weighted by Crippen LogP contribution is 2.29. The Kier molecular flexibility index (Phi) is 4.84. The molecule has 0 aromatic heterocycles. The van der Waals surface area contributed by atoms with Gasteiger partial charge in [0.25, 0.3) is 11.6 Å². The summed E-state index contributed by atoms with van der Waals surface area (Å²) in [7, 11) is 1.59. The van der Waals surface area contributed by atoms with Crippen LogP contribution in [-0.2, 0) is 0 Å². The van der Waals surface area contributed by atoms with Crippen LogP contribution in [-0.4, -0.2) is 47.4 Å². The van der Waals surface area contributed by atoms with Gasteiger partial charge < -0.3 is 10.2 Å². The molecule has 20 heavy (non-hydrogen) atoms. The van der Waals surface area contributed by atoms with Crippen LogP contribution in [0, 0.1) is 10.1 Å². The summed E-state index contributed by atoms with van der Waals surface area (Å²) in [5.41, 5.74) is 0.593. The Hall–Kier alpha value is -1.76. The fourth-order valence-electron chi connectivity index (χ4n) is 2.25. The first kappa shape index (κ1) is 14.6. The van der Waals surface area contributed by atoms with Crippen LogP contribution in [0.4, 0.5) is 11.4 Å². The average Bonchev–Trinajstić information content (AvgIpc) is 2.74. The van der Waals surface area contributed by atoms with E-state index in [1.807, 2.05) is 11.8 Å². The van der Waals surface area contributed by atoms with Crippen LogP contribution in [0.3, 0.4) is 0 Å². The van der Waals surface area contributed by atoms with Crippen molar-refractivity contribution in [1.29, 1.82) is 0 Å². The fraction of sp³-hybridized carbons (Fsp3) is 0.462. The third-order valence-corrected chi connectivity index (χ3v) is 4.28. The highest BCUT2D eigenvalue weighted by atomic mass is 32.2. The van der Waals surface area contributed by atoms with Gasteiger partial charge in [-0.25, -0.2) is 0 Å². The second kappa shape index (κ2) is 6.60. The lowest BCUT2D eigenvalue weighted by Gasteiger charge is -2.21. The van der Waals surface area contributed by atoms with E-state index in [9.17, 15) is 14.9 Å². The lowest BCUT2D eigenvalue weighted by atomic mass is 10.1. The molecule has 1 aromatic carbocycles. The Morgan fingerprint density at radius 1 is 1.40 bits per heavy atom. The van der Waals surface area contributed by atoms with Crippen LogP contribution in [0.5, 0.6) is 0 Å². The van der Waals surface area contributed by atoms with Gasteiger partial charge in [0.05, 0.1) is 10.5 Å². The topological polar surface area (TPSA) is 75.5 Å². The van der Waals surface area contributed by atoms with Crippen molar-refractivity contribution in [2.24, 2.45) is 0 Å². The van der Waals surface area contributed by atoms with E-state index >= 15 is 0 Å². The molecule has 0 radical (unpaired) electrons. The van der Waals surface area contributed by atoms with Crippen molar-refractivity contribution in [3.63, 3.8) is 0 Å². The number of benzene rings is 1. The normalized spacial score (nSPS) is 15.6. The van der Waals surface area contributed by atoms with E-state index in [0.29, 0.717) is 24.3 Å². The number of nitrogens with one attached hydrogen (secondary N) is 1. The minimum absolute atomic E-state index is 0.0671. The molecule has 1 aliphatic heterocycles. The van der Waals surface area contributed by atoms with E-state index in [1.54, 1.807) is 24.1 Å². The second-order valence-electron chi connectivity index (χ2n) is 4.46. The van der Waals surface area contributed by atoms with E-state index in [1.165, 1.54) is 6.07 Å². The van der Waals surface area contributed by atoms with Gasteiger partial charge in [-0.15, -0.1) is 0 Å². The maximum Gasteiger partial charge on any atom is 0.293 e. The quantitative estimate of drug-likeness (QED) is 0.683. The average molecular weight is 295 g/mol. The number of rotatable bonds is 3. The SMILES string of the molecule is CNc1c(C(=O)N2CCCSCC2)cccc1[N+](=O)[O-]. The van der Waals surface area contributed by atoms with Gasteiger partial charge in [-0.05, 0) is 18.2 Å². The number of thioether (sulfide) groups is 1. The summed E-state index contributed by atoms with van der Waals surface area (Å²) in [6, 6.07) is 4.60. The zero-order chi connectivity index (χ0) is 14.5. The second-order valence-corrected chi connectivity index (χ2v) is 5.69. The molecule has 1 amide bonds. The molecule has 0 unspecified atom stereocenters. The van der Waals surface area contributed by atoms with Crippen molar-refractivity contribution in [1.82, 2.24) is 4.90 Å². The van der Waals surface area contributed by atoms with Gasteiger partial charge in [-0.2, -0.15) is 11.8 Å². The Labute approximate surface area is 121 Å². The first-order chi connectivity index (χ1) is 9.65. The summed E-state index contributed by atoms with van der Waals surface area (Å²) in [5, 5.41) is 13.8. The first-order valence-electron chi connectivity index (χ1n) is 6.47. The Balaban J connectivity index is 2.33. The maximum absolute atomic E-state index is 12.6. The van der Waals surface area contributed by atoms with E-state index in [0.717, 1.165) is 17.9 Å². The molecule has 1 fully saturated rings. The molecule has 7 heteroatoms. The molecule has 1 aromatic rings. The van der Waals surface area contributed by atoms with Gasteiger partial charge in [0.15, 0.2) is 0 Å². The van der Waals surface area contributed by atoms with Crippen molar-refractivity contribution in [2.75, 3.05) is 37.0 Å². The van der Waals surface area contributed by atoms with Crippen molar-refractivity contribution in [3.05, 3.63) is 33.9 Å². The minimum Gasteiger partial charge on any atom is -0.382 e. The van der Waals surface area contributed by atoms with E-state index in [2.05, 4.69) is 5.32 Å². The highest BCUT2D eigenvalue weighted by molar-refractivity contribution is 7.99. The summed E-state index contributed by atoms with van der Waals surface area (Å²) in [4.78, 5) is 24.9. The number of amides is 1. The first-order valence-corrected chi connectivity index (χ1v) is 7.63. The van der Waals surface area contributed by atoms with Crippen molar-refractivity contribution >= 4 is 29.0 Å². The Morgan fingerprint density at radius 2 is 2.20 bits per heavy atom. The number of hydrogen-bond acceptors (Lipinski definition) is 5. The van der Waals surface area contributed by atoms with Crippen molar-refractivity contribution in [2.45, 2.75) is 6.42 Å². The molecule has 0 atom stereocenters. The zero-order valence-electron chi connectivity index (χ0n) is 11.3. The summed E-state index contributed by atoms with van der Waals surface area (Å²) < 4.78 is 0. The van der Waals surface area contributed by atoms with Crippen LogP contribution in [0.25, 0.3) is 0 Å². The number of hydrogen-bond donors (Lipinski definition) is 1. The molecule has 2 rings (SSSR count). The fourth-order valence-corrected chi connectivity index (χ4v) is 3.14. The minimum atomic E-state index is -0.471. The number of carbonyl (C=O) groups excluding carboxylic acids is 1. The van der Waals surface area contributed by atoms with Crippen LogP contribution < -0.4 is 5.32 Å². The molecule has 6 nitrogen and oxygen atoms in total. The van der Waals surface area contributed by atoms with Gasteiger partial charge in [0, 0.05) is 32.0 Å². The Morgan fingerprint density at radius 3 is 2.90 bits per heavy atom. The summed E-state index contributed by atoms with van der Waals surface area (Å²) in [6.07, 6.45) is 0.959. The predicted molar refractivity (Wildman–Crippen MR) is 80.5 cm³/mol. The molecule has 0 spiro atoms. The molecular formula is C13H17N3O3S. The molecule has 1 heterocycles. The zero-order valence-corrected chi connectivity index (χ0v) is 12.1. The molecule has 1 aliphatic rings. The maximum atomic E-state index is 12.6. The van der Waals surface area contributed by atoms with Crippen LogP contribution in [0.1, 0.15) is 16.8 Å².